The second-order valence-electron chi connectivity index (χ2n) is 5.10. The van der Waals surface area contributed by atoms with Crippen LogP contribution in [0.4, 0.5) is 0 Å². The molecule has 0 aliphatic heterocycles. The van der Waals surface area contributed by atoms with Gasteiger partial charge in [-0.25, -0.2) is 13.6 Å². The van der Waals surface area contributed by atoms with Crippen molar-refractivity contribution in [1.82, 2.24) is 0 Å². The average molecular weight is 317 g/mol. The summed E-state index contributed by atoms with van der Waals surface area (Å²) in [5, 5.41) is 15.2. The van der Waals surface area contributed by atoms with E-state index in [1.54, 1.807) is 18.2 Å². The number of aliphatic hydroxyl groups is 1. The molecular formula is C17H19NO3S. The lowest BCUT2D eigenvalue weighted by atomic mass is 9.95. The lowest BCUT2D eigenvalue weighted by Gasteiger charge is -2.14. The molecule has 0 heterocycles. The molecule has 1 atom stereocenters. The number of aliphatic hydroxyl groups excluding tert-OH is 1. The van der Waals surface area contributed by atoms with Crippen molar-refractivity contribution in [1.29, 1.82) is 0 Å². The zero-order chi connectivity index (χ0) is 16.2. The molecule has 3 N–H and O–H groups in total. The molecule has 116 valence electrons. The van der Waals surface area contributed by atoms with Gasteiger partial charge >= 0.3 is 0 Å². The summed E-state index contributed by atoms with van der Waals surface area (Å²) >= 11 is 0. The Balaban J connectivity index is 2.26. The maximum atomic E-state index is 11.3. The molecule has 2 aromatic carbocycles. The van der Waals surface area contributed by atoms with Crippen LogP contribution in [-0.2, 0) is 16.4 Å². The first-order valence-corrected chi connectivity index (χ1v) is 8.45. The van der Waals surface area contributed by atoms with E-state index in [2.05, 4.69) is 6.58 Å². The lowest BCUT2D eigenvalue weighted by molar-refractivity contribution is 0.180. The molecule has 2 rings (SSSR count). The molecule has 0 saturated heterocycles. The molecular weight excluding hydrogens is 298 g/mol. The summed E-state index contributed by atoms with van der Waals surface area (Å²) in [7, 11) is -3.67. The summed E-state index contributed by atoms with van der Waals surface area (Å²) in [6.45, 7) is 3.64. The fraction of sp³-hybridized carbons (Fsp3) is 0.176. The minimum atomic E-state index is -3.67. The van der Waals surface area contributed by atoms with Gasteiger partial charge in [0.2, 0.25) is 10.0 Å². The highest BCUT2D eigenvalue weighted by atomic mass is 32.2. The van der Waals surface area contributed by atoms with Gasteiger partial charge in [0.1, 0.15) is 0 Å². The first-order valence-electron chi connectivity index (χ1n) is 6.90. The van der Waals surface area contributed by atoms with E-state index in [-0.39, 0.29) is 4.90 Å². The number of benzene rings is 2. The first kappa shape index (κ1) is 16.4. The molecule has 0 fully saturated rings. The molecule has 0 radical (unpaired) electrons. The van der Waals surface area contributed by atoms with Crippen molar-refractivity contribution in [3.05, 3.63) is 77.9 Å². The number of hydrogen-bond acceptors (Lipinski definition) is 3. The number of primary sulfonamides is 1. The summed E-state index contributed by atoms with van der Waals surface area (Å²) in [6.07, 6.45) is 2.19. The molecule has 22 heavy (non-hydrogen) atoms. The molecule has 0 aliphatic rings. The Morgan fingerprint density at radius 1 is 1.14 bits per heavy atom. The van der Waals surface area contributed by atoms with Gasteiger partial charge in [0.25, 0.3) is 0 Å². The Kier molecular flexibility index (Phi) is 5.13. The van der Waals surface area contributed by atoms with E-state index < -0.39 is 16.1 Å². The van der Waals surface area contributed by atoms with Gasteiger partial charge in [-0.15, -0.1) is 6.58 Å². The van der Waals surface area contributed by atoms with Crippen LogP contribution in [0.1, 0.15) is 29.2 Å². The largest absolute Gasteiger partial charge is 0.388 e. The van der Waals surface area contributed by atoms with Crippen LogP contribution >= 0.6 is 0 Å². The minimum Gasteiger partial charge on any atom is -0.388 e. The third-order valence-corrected chi connectivity index (χ3v) is 4.38. The predicted molar refractivity (Wildman–Crippen MR) is 86.8 cm³/mol. The molecule has 4 nitrogen and oxygen atoms in total. The molecule has 0 saturated carbocycles. The van der Waals surface area contributed by atoms with Crippen LogP contribution in [0.25, 0.3) is 0 Å². The summed E-state index contributed by atoms with van der Waals surface area (Å²) in [4.78, 5) is 0.0937. The van der Waals surface area contributed by atoms with Crippen LogP contribution in [0, 0.1) is 0 Å². The van der Waals surface area contributed by atoms with Gasteiger partial charge in [0.05, 0.1) is 11.0 Å². The van der Waals surface area contributed by atoms with Crippen LogP contribution in [0.5, 0.6) is 0 Å². The maximum Gasteiger partial charge on any atom is 0.238 e. The van der Waals surface area contributed by atoms with E-state index in [0.29, 0.717) is 12.8 Å². The third-order valence-electron chi connectivity index (χ3n) is 3.45. The smallest absolute Gasteiger partial charge is 0.238 e. The highest BCUT2D eigenvalue weighted by Gasteiger charge is 2.12. The maximum absolute atomic E-state index is 11.3. The van der Waals surface area contributed by atoms with Gasteiger partial charge < -0.3 is 5.11 Å². The van der Waals surface area contributed by atoms with E-state index in [1.807, 2.05) is 24.3 Å². The highest BCUT2D eigenvalue weighted by Crippen LogP contribution is 2.23. The van der Waals surface area contributed by atoms with Crippen molar-refractivity contribution in [3.8, 4) is 0 Å². The van der Waals surface area contributed by atoms with Crippen LogP contribution in [0.2, 0.25) is 0 Å². The number of rotatable bonds is 6. The van der Waals surface area contributed by atoms with Crippen LogP contribution < -0.4 is 5.14 Å². The number of nitrogens with two attached hydrogens (primary N) is 1. The Morgan fingerprint density at radius 2 is 1.77 bits per heavy atom. The van der Waals surface area contributed by atoms with Crippen molar-refractivity contribution >= 4 is 10.0 Å². The predicted octanol–water partition coefficient (Wildman–Crippen LogP) is 2.53. The Morgan fingerprint density at radius 3 is 2.36 bits per heavy atom. The first-order chi connectivity index (χ1) is 10.4. The van der Waals surface area contributed by atoms with Gasteiger partial charge in [-0.1, -0.05) is 42.5 Å². The Bertz CT molecular complexity index is 752. The van der Waals surface area contributed by atoms with Crippen molar-refractivity contribution < 1.29 is 13.5 Å². The van der Waals surface area contributed by atoms with Crippen LogP contribution in [0.3, 0.4) is 0 Å². The SMILES string of the molecule is C=CCC(O)c1ccccc1Cc1ccc(S(N)(=O)=O)cc1. The Labute approximate surface area is 131 Å². The zero-order valence-corrected chi connectivity index (χ0v) is 13.0. The average Bonchev–Trinajstić information content (AvgIpc) is 2.47. The van der Waals surface area contributed by atoms with Crippen molar-refractivity contribution in [3.63, 3.8) is 0 Å². The summed E-state index contributed by atoms with van der Waals surface area (Å²) in [6, 6.07) is 14.1. The normalized spacial score (nSPS) is 12.8. The second-order valence-corrected chi connectivity index (χ2v) is 6.67. The third kappa shape index (κ3) is 4.04. The van der Waals surface area contributed by atoms with E-state index in [4.69, 9.17) is 5.14 Å². The van der Waals surface area contributed by atoms with Crippen molar-refractivity contribution in [2.45, 2.75) is 23.8 Å². The zero-order valence-electron chi connectivity index (χ0n) is 12.1. The molecule has 5 heteroatoms. The molecule has 0 spiro atoms. The van der Waals surface area contributed by atoms with E-state index in [9.17, 15) is 13.5 Å². The van der Waals surface area contributed by atoms with Gasteiger partial charge in [-0.2, -0.15) is 0 Å². The Hall–Kier alpha value is -1.95. The summed E-state index contributed by atoms with van der Waals surface area (Å²) < 4.78 is 22.5. The monoisotopic (exact) mass is 317 g/mol. The fourth-order valence-corrected chi connectivity index (χ4v) is 2.84. The summed E-state index contributed by atoms with van der Waals surface area (Å²) in [5.74, 6) is 0. The van der Waals surface area contributed by atoms with E-state index in [1.165, 1.54) is 12.1 Å². The molecule has 0 amide bonds. The standard InChI is InChI=1S/C17H19NO3S/c1-2-5-17(19)16-7-4-3-6-14(16)12-13-8-10-15(11-9-13)22(18,20)21/h2-4,6-11,17,19H,1,5,12H2,(H2,18,20,21). The van der Waals surface area contributed by atoms with Gasteiger partial charge in [-0.3, -0.25) is 0 Å². The highest BCUT2D eigenvalue weighted by molar-refractivity contribution is 7.89. The van der Waals surface area contributed by atoms with Gasteiger partial charge in [-0.05, 0) is 41.7 Å². The second kappa shape index (κ2) is 6.87. The molecule has 0 aromatic heterocycles. The van der Waals surface area contributed by atoms with E-state index >= 15 is 0 Å². The summed E-state index contributed by atoms with van der Waals surface area (Å²) in [5.41, 5.74) is 2.81. The van der Waals surface area contributed by atoms with Crippen LogP contribution in [0.15, 0.2) is 66.1 Å². The van der Waals surface area contributed by atoms with Gasteiger partial charge in [0.15, 0.2) is 0 Å². The van der Waals surface area contributed by atoms with Crippen molar-refractivity contribution in [2.24, 2.45) is 5.14 Å². The quantitative estimate of drug-likeness (QED) is 0.803. The topological polar surface area (TPSA) is 80.4 Å². The number of sulfonamides is 1. The fourth-order valence-electron chi connectivity index (χ4n) is 2.32. The van der Waals surface area contributed by atoms with E-state index in [0.717, 1.165) is 16.7 Å². The molecule has 0 bridgehead atoms. The number of hydrogen-bond donors (Lipinski definition) is 2. The van der Waals surface area contributed by atoms with Crippen molar-refractivity contribution in [2.75, 3.05) is 0 Å². The van der Waals surface area contributed by atoms with Crippen LogP contribution in [-0.4, -0.2) is 13.5 Å². The van der Waals surface area contributed by atoms with Gasteiger partial charge in [0, 0.05) is 0 Å². The molecule has 1 unspecified atom stereocenters. The molecule has 0 aliphatic carbocycles. The lowest BCUT2D eigenvalue weighted by Crippen LogP contribution is -2.12. The molecule has 2 aromatic rings. The minimum absolute atomic E-state index is 0.0937.